The van der Waals surface area contributed by atoms with E-state index in [9.17, 15) is 14.3 Å². The molecule has 2 aliphatic heterocycles. The SMILES string of the molecule is CC(Oc1ccc(C#N)cc1F)c1nccc(OC2CCN(Cc3nc4ccc(C(=O)O)cc4n3C[C@@H]3CCO3)CC2)n1. The summed E-state index contributed by atoms with van der Waals surface area (Å²) in [6.07, 6.45) is 3.58. The van der Waals surface area contributed by atoms with E-state index in [0.29, 0.717) is 24.8 Å². The minimum absolute atomic E-state index is 0.0184. The number of hydrogen-bond acceptors (Lipinski definition) is 9. The van der Waals surface area contributed by atoms with Crippen LogP contribution in [0.4, 0.5) is 4.39 Å². The molecule has 222 valence electrons. The van der Waals surface area contributed by atoms with Crippen LogP contribution in [0, 0.1) is 17.1 Å². The molecular formula is C31H31FN6O5. The average molecular weight is 587 g/mol. The Balaban J connectivity index is 1.07. The fourth-order valence-corrected chi connectivity index (χ4v) is 5.35. The van der Waals surface area contributed by atoms with E-state index in [-0.39, 0.29) is 29.1 Å². The number of carbonyl (C=O) groups is 1. The number of carboxylic acid groups (broad SMARTS) is 1. The summed E-state index contributed by atoms with van der Waals surface area (Å²) in [6.45, 7) is 5.34. The summed E-state index contributed by atoms with van der Waals surface area (Å²) in [6, 6.07) is 12.7. The van der Waals surface area contributed by atoms with Gasteiger partial charge in [0.2, 0.25) is 5.88 Å². The van der Waals surface area contributed by atoms with Crippen molar-refractivity contribution in [2.75, 3.05) is 19.7 Å². The number of nitrogens with zero attached hydrogens (tertiary/aromatic N) is 6. The molecule has 0 aliphatic carbocycles. The van der Waals surface area contributed by atoms with E-state index in [1.165, 1.54) is 12.1 Å². The Kier molecular flexibility index (Phi) is 8.18. The molecule has 2 saturated heterocycles. The zero-order valence-electron chi connectivity index (χ0n) is 23.6. The zero-order valence-corrected chi connectivity index (χ0v) is 23.6. The highest BCUT2D eigenvalue weighted by Crippen LogP contribution is 2.27. The molecule has 2 fully saturated rings. The number of nitriles is 1. The molecule has 0 spiro atoms. The summed E-state index contributed by atoms with van der Waals surface area (Å²) in [4.78, 5) is 27.5. The number of benzene rings is 2. The third-order valence-corrected chi connectivity index (χ3v) is 7.82. The highest BCUT2D eigenvalue weighted by molar-refractivity contribution is 5.92. The average Bonchev–Trinajstić information content (AvgIpc) is 3.32. The van der Waals surface area contributed by atoms with Gasteiger partial charge in [-0.25, -0.2) is 19.2 Å². The summed E-state index contributed by atoms with van der Waals surface area (Å²) in [5, 5.41) is 18.4. The van der Waals surface area contributed by atoms with Crippen molar-refractivity contribution in [2.45, 2.75) is 57.6 Å². The number of ether oxygens (including phenoxy) is 3. The van der Waals surface area contributed by atoms with Gasteiger partial charge in [-0.15, -0.1) is 0 Å². The maximum absolute atomic E-state index is 14.3. The van der Waals surface area contributed by atoms with Gasteiger partial charge in [-0.2, -0.15) is 10.2 Å². The number of fused-ring (bicyclic) bond motifs is 1. The first-order valence-electron chi connectivity index (χ1n) is 14.3. The molecule has 2 aliphatic rings. The van der Waals surface area contributed by atoms with Crippen LogP contribution in [0.15, 0.2) is 48.7 Å². The molecule has 2 aromatic heterocycles. The lowest BCUT2D eigenvalue weighted by Crippen LogP contribution is -2.39. The third kappa shape index (κ3) is 6.43. The van der Waals surface area contributed by atoms with Gasteiger partial charge in [0.05, 0.1) is 47.4 Å². The predicted molar refractivity (Wildman–Crippen MR) is 152 cm³/mol. The van der Waals surface area contributed by atoms with Crippen LogP contribution in [-0.2, 0) is 17.8 Å². The molecule has 2 atom stereocenters. The lowest BCUT2D eigenvalue weighted by molar-refractivity contribution is -0.0592. The first kappa shape index (κ1) is 28.5. The Morgan fingerprint density at radius 3 is 2.70 bits per heavy atom. The van der Waals surface area contributed by atoms with Crippen molar-refractivity contribution in [2.24, 2.45) is 0 Å². The van der Waals surface area contributed by atoms with Crippen LogP contribution in [0.3, 0.4) is 0 Å². The number of carboxylic acids is 1. The molecule has 2 aromatic carbocycles. The van der Waals surface area contributed by atoms with E-state index in [1.807, 2.05) is 6.07 Å². The minimum Gasteiger partial charge on any atom is -0.480 e. The molecule has 43 heavy (non-hydrogen) atoms. The molecule has 12 heteroatoms. The van der Waals surface area contributed by atoms with E-state index in [2.05, 4.69) is 19.4 Å². The van der Waals surface area contributed by atoms with Crippen LogP contribution in [0.25, 0.3) is 11.0 Å². The maximum atomic E-state index is 14.3. The Morgan fingerprint density at radius 2 is 2.00 bits per heavy atom. The highest BCUT2D eigenvalue weighted by Gasteiger charge is 2.26. The predicted octanol–water partition coefficient (Wildman–Crippen LogP) is 4.51. The standard InChI is InChI=1S/C31H31FN6O5/c1-19(42-27-5-2-20(16-33)14-24(27)32)30-34-10-6-29(36-30)43-22-7-11-37(12-8-22)18-28-35-25-4-3-21(31(39)40)15-26(25)38(28)17-23-9-13-41-23/h2-6,10,14-15,19,22-23H,7-9,11-13,17-18H2,1H3,(H,39,40)/t19?,23-/m0/s1. The molecule has 6 rings (SSSR count). The molecule has 4 heterocycles. The van der Waals surface area contributed by atoms with Gasteiger partial charge in [-0.3, -0.25) is 4.90 Å². The highest BCUT2D eigenvalue weighted by atomic mass is 19.1. The molecule has 4 aromatic rings. The summed E-state index contributed by atoms with van der Waals surface area (Å²) in [7, 11) is 0. The van der Waals surface area contributed by atoms with E-state index >= 15 is 0 Å². The van der Waals surface area contributed by atoms with Crippen molar-refractivity contribution in [3.8, 4) is 17.7 Å². The second-order valence-corrected chi connectivity index (χ2v) is 10.8. The molecule has 11 nitrogen and oxygen atoms in total. The monoisotopic (exact) mass is 586 g/mol. The van der Waals surface area contributed by atoms with Gasteiger partial charge in [-0.05, 0) is 62.6 Å². The Hall–Kier alpha value is -4.60. The number of hydrogen-bond donors (Lipinski definition) is 1. The second kappa shape index (κ2) is 12.3. The van der Waals surface area contributed by atoms with Gasteiger partial charge in [0.15, 0.2) is 23.5 Å². The Labute approximate surface area is 247 Å². The van der Waals surface area contributed by atoms with Gasteiger partial charge in [0.25, 0.3) is 0 Å². The summed E-state index contributed by atoms with van der Waals surface area (Å²) in [5.41, 5.74) is 2.04. The lowest BCUT2D eigenvalue weighted by atomic mass is 10.1. The molecular weight excluding hydrogens is 555 g/mol. The van der Waals surface area contributed by atoms with Crippen LogP contribution in [0.2, 0.25) is 0 Å². The summed E-state index contributed by atoms with van der Waals surface area (Å²) in [5.74, 6) is 0.110. The van der Waals surface area contributed by atoms with Gasteiger partial charge < -0.3 is 23.9 Å². The van der Waals surface area contributed by atoms with Crippen molar-refractivity contribution < 1.29 is 28.5 Å². The Morgan fingerprint density at radius 1 is 1.19 bits per heavy atom. The summed E-state index contributed by atoms with van der Waals surface area (Å²) < 4.78 is 34.0. The number of aromatic nitrogens is 4. The smallest absolute Gasteiger partial charge is 0.335 e. The van der Waals surface area contributed by atoms with E-state index < -0.39 is 17.9 Å². The molecule has 1 N–H and O–H groups in total. The van der Waals surface area contributed by atoms with Crippen LogP contribution < -0.4 is 9.47 Å². The zero-order chi connectivity index (χ0) is 29.9. The van der Waals surface area contributed by atoms with Crippen molar-refractivity contribution in [3.63, 3.8) is 0 Å². The molecule has 0 radical (unpaired) electrons. The van der Waals surface area contributed by atoms with E-state index in [4.69, 9.17) is 24.5 Å². The lowest BCUT2D eigenvalue weighted by Gasteiger charge is -2.32. The maximum Gasteiger partial charge on any atom is 0.335 e. The third-order valence-electron chi connectivity index (χ3n) is 7.82. The number of piperidine rings is 1. The number of imidazole rings is 1. The van der Waals surface area contributed by atoms with E-state index in [1.54, 1.807) is 37.4 Å². The van der Waals surface area contributed by atoms with Crippen molar-refractivity contribution in [1.82, 2.24) is 24.4 Å². The van der Waals surface area contributed by atoms with Crippen LogP contribution in [0.1, 0.15) is 59.9 Å². The quantitative estimate of drug-likeness (QED) is 0.283. The normalized spacial score (nSPS) is 18.1. The van der Waals surface area contributed by atoms with Crippen molar-refractivity contribution >= 4 is 17.0 Å². The van der Waals surface area contributed by atoms with Gasteiger partial charge in [-0.1, -0.05) is 0 Å². The molecule has 0 amide bonds. The van der Waals surface area contributed by atoms with Gasteiger partial charge >= 0.3 is 5.97 Å². The first-order valence-corrected chi connectivity index (χ1v) is 14.3. The van der Waals surface area contributed by atoms with Gasteiger partial charge in [0, 0.05) is 32.0 Å². The largest absolute Gasteiger partial charge is 0.480 e. The topological polar surface area (TPSA) is 136 Å². The van der Waals surface area contributed by atoms with Gasteiger partial charge in [0.1, 0.15) is 11.9 Å². The van der Waals surface area contributed by atoms with Crippen LogP contribution >= 0.6 is 0 Å². The van der Waals surface area contributed by atoms with E-state index in [0.717, 1.165) is 61.9 Å². The van der Waals surface area contributed by atoms with Crippen molar-refractivity contribution in [1.29, 1.82) is 5.26 Å². The van der Waals surface area contributed by atoms with Crippen molar-refractivity contribution in [3.05, 3.63) is 77.3 Å². The summed E-state index contributed by atoms with van der Waals surface area (Å²) >= 11 is 0. The fraction of sp³-hybridized carbons (Fsp3) is 0.387. The fourth-order valence-electron chi connectivity index (χ4n) is 5.35. The molecule has 0 bridgehead atoms. The second-order valence-electron chi connectivity index (χ2n) is 10.8. The van der Waals surface area contributed by atoms with Crippen LogP contribution in [0.5, 0.6) is 11.6 Å². The molecule has 1 unspecified atom stereocenters. The number of aromatic carboxylic acids is 1. The Bertz CT molecular complexity index is 1680. The number of likely N-dealkylation sites (tertiary alicyclic amines) is 1. The minimum atomic E-state index is -0.962. The molecule has 0 saturated carbocycles. The number of halogens is 1. The van der Waals surface area contributed by atoms with Crippen LogP contribution in [-0.4, -0.2) is 67.4 Å². The first-order chi connectivity index (χ1) is 20.9. The number of rotatable bonds is 10.